The summed E-state index contributed by atoms with van der Waals surface area (Å²) in [7, 11) is 0. The lowest BCUT2D eigenvalue weighted by Gasteiger charge is -2.26. The molecule has 1 aliphatic heterocycles. The van der Waals surface area contributed by atoms with Crippen molar-refractivity contribution in [3.05, 3.63) is 47.3 Å². The van der Waals surface area contributed by atoms with Crippen LogP contribution in [0.25, 0.3) is 11.0 Å². The lowest BCUT2D eigenvalue weighted by molar-refractivity contribution is 0.0995. The van der Waals surface area contributed by atoms with Crippen molar-refractivity contribution in [3.63, 3.8) is 0 Å². The highest BCUT2D eigenvalue weighted by molar-refractivity contribution is 6.04. The number of allylic oxidation sites excluding steroid dienone is 2. The zero-order valence-corrected chi connectivity index (χ0v) is 17.2. The number of hydrogen-bond donors (Lipinski definition) is 2. The van der Waals surface area contributed by atoms with Crippen molar-refractivity contribution in [2.75, 3.05) is 11.9 Å². The fourth-order valence-electron chi connectivity index (χ4n) is 3.75. The summed E-state index contributed by atoms with van der Waals surface area (Å²) >= 11 is 0. The number of aromatic nitrogens is 4. The van der Waals surface area contributed by atoms with Gasteiger partial charge in [-0.1, -0.05) is 12.2 Å². The quantitative estimate of drug-likeness (QED) is 0.608. The van der Waals surface area contributed by atoms with Crippen LogP contribution in [-0.4, -0.2) is 37.8 Å². The number of primary amides is 1. The molecule has 156 valence electrons. The number of hydrogen-bond acceptors (Lipinski definition) is 5. The van der Waals surface area contributed by atoms with Gasteiger partial charge < -0.3 is 10.5 Å². The molecule has 1 aromatic carbocycles. The largest absolute Gasteiger partial charge is 0.489 e. The molecule has 1 atom stereocenters. The van der Waals surface area contributed by atoms with Crippen LogP contribution in [0.2, 0.25) is 0 Å². The molecule has 1 aliphatic rings. The fraction of sp³-hybridized carbons (Fsp3) is 0.333. The van der Waals surface area contributed by atoms with Gasteiger partial charge in [0.25, 0.3) is 5.91 Å². The number of anilines is 1. The smallest absolute Gasteiger partial charge is 0.276 e. The maximum absolute atomic E-state index is 13.0. The van der Waals surface area contributed by atoms with E-state index in [2.05, 4.69) is 15.4 Å². The Balaban J connectivity index is 1.82. The maximum atomic E-state index is 13.0. The molecule has 4 rings (SSSR count). The summed E-state index contributed by atoms with van der Waals surface area (Å²) in [6.07, 6.45) is 4.73. The monoisotopic (exact) mass is 408 g/mol. The van der Waals surface area contributed by atoms with Crippen LogP contribution in [-0.2, 0) is 6.54 Å². The molecule has 0 fully saturated rings. The van der Waals surface area contributed by atoms with Crippen molar-refractivity contribution in [3.8, 4) is 5.75 Å². The van der Waals surface area contributed by atoms with E-state index in [1.165, 1.54) is 0 Å². The first-order chi connectivity index (χ1) is 14.4. The van der Waals surface area contributed by atoms with E-state index < -0.39 is 5.91 Å². The zero-order chi connectivity index (χ0) is 21.4. The van der Waals surface area contributed by atoms with Gasteiger partial charge in [0.2, 0.25) is 11.9 Å². The molecule has 0 spiro atoms. The highest BCUT2D eigenvalue weighted by Crippen LogP contribution is 2.38. The van der Waals surface area contributed by atoms with Crippen LogP contribution in [0.5, 0.6) is 5.75 Å². The predicted octanol–water partition coefficient (Wildman–Crippen LogP) is 2.81. The highest BCUT2D eigenvalue weighted by atomic mass is 16.5. The molecule has 3 aromatic rings. The van der Waals surface area contributed by atoms with E-state index in [1.807, 2.05) is 37.5 Å². The number of rotatable bonds is 6. The number of nitrogens with one attached hydrogen (secondary N) is 1. The van der Waals surface area contributed by atoms with E-state index >= 15 is 0 Å². The molecule has 0 radical (unpaired) electrons. The SMILES string of the molecule is CC=CCC1COc2cc(C(N)=O)cc3nc(NC(=O)c4cc(C)nn4CC)n1c23. The average molecular weight is 408 g/mol. The number of nitrogens with two attached hydrogens (primary N) is 1. The molecule has 3 N–H and O–H groups in total. The molecule has 2 aromatic heterocycles. The van der Waals surface area contributed by atoms with Crippen LogP contribution in [0.4, 0.5) is 5.95 Å². The molecule has 30 heavy (non-hydrogen) atoms. The van der Waals surface area contributed by atoms with E-state index in [0.29, 0.717) is 48.0 Å². The van der Waals surface area contributed by atoms with E-state index in [1.54, 1.807) is 22.9 Å². The van der Waals surface area contributed by atoms with Crippen molar-refractivity contribution in [1.29, 1.82) is 0 Å². The van der Waals surface area contributed by atoms with E-state index in [9.17, 15) is 9.59 Å². The second-order valence-corrected chi connectivity index (χ2v) is 7.22. The van der Waals surface area contributed by atoms with Crippen LogP contribution in [0, 0.1) is 6.92 Å². The summed E-state index contributed by atoms with van der Waals surface area (Å²) in [5.74, 6) is 0.0739. The lowest BCUT2D eigenvalue weighted by atomic mass is 10.1. The summed E-state index contributed by atoms with van der Waals surface area (Å²) < 4.78 is 9.53. The van der Waals surface area contributed by atoms with Crippen molar-refractivity contribution < 1.29 is 14.3 Å². The van der Waals surface area contributed by atoms with Crippen LogP contribution >= 0.6 is 0 Å². The van der Waals surface area contributed by atoms with Gasteiger partial charge in [-0.2, -0.15) is 5.10 Å². The second kappa shape index (κ2) is 7.66. The van der Waals surface area contributed by atoms with Crippen LogP contribution in [0.1, 0.15) is 52.9 Å². The summed E-state index contributed by atoms with van der Waals surface area (Å²) in [4.78, 5) is 29.3. The van der Waals surface area contributed by atoms with Gasteiger partial charge in [-0.05, 0) is 45.4 Å². The Hall–Kier alpha value is -3.62. The van der Waals surface area contributed by atoms with Crippen molar-refractivity contribution in [1.82, 2.24) is 19.3 Å². The predicted molar refractivity (Wildman–Crippen MR) is 113 cm³/mol. The van der Waals surface area contributed by atoms with Gasteiger partial charge in [-0.3, -0.25) is 24.2 Å². The highest BCUT2D eigenvalue weighted by Gasteiger charge is 2.29. The Kier molecular flexibility index (Phi) is 5.03. The van der Waals surface area contributed by atoms with Crippen molar-refractivity contribution >= 4 is 28.8 Å². The van der Waals surface area contributed by atoms with E-state index in [0.717, 1.165) is 11.2 Å². The number of carbonyl (C=O) groups is 2. The minimum Gasteiger partial charge on any atom is -0.489 e. The lowest BCUT2D eigenvalue weighted by Crippen LogP contribution is -2.26. The first-order valence-corrected chi connectivity index (χ1v) is 9.88. The minimum atomic E-state index is -0.560. The number of carbonyl (C=O) groups excluding carboxylic acids is 2. The van der Waals surface area contributed by atoms with Crippen LogP contribution < -0.4 is 15.8 Å². The summed E-state index contributed by atoms with van der Waals surface area (Å²) in [6.45, 7) is 6.70. The summed E-state index contributed by atoms with van der Waals surface area (Å²) in [5.41, 5.74) is 8.28. The van der Waals surface area contributed by atoms with Crippen molar-refractivity contribution in [2.45, 2.75) is 39.8 Å². The van der Waals surface area contributed by atoms with Crippen LogP contribution in [0.3, 0.4) is 0 Å². The van der Waals surface area contributed by atoms with Crippen LogP contribution in [0.15, 0.2) is 30.4 Å². The average Bonchev–Trinajstić information content (AvgIpc) is 3.28. The number of nitrogens with zero attached hydrogens (tertiary/aromatic N) is 4. The number of imidazole rings is 1. The molecular weight excluding hydrogens is 384 g/mol. The Morgan fingerprint density at radius 1 is 1.37 bits per heavy atom. The third-order valence-electron chi connectivity index (χ3n) is 5.13. The van der Waals surface area contributed by atoms with Gasteiger partial charge in [-0.25, -0.2) is 4.98 Å². The Bertz CT molecular complexity index is 1170. The van der Waals surface area contributed by atoms with E-state index in [4.69, 9.17) is 10.5 Å². The first-order valence-electron chi connectivity index (χ1n) is 9.88. The first kappa shape index (κ1) is 19.7. The summed E-state index contributed by atoms with van der Waals surface area (Å²) in [6, 6.07) is 4.94. The molecule has 1 unspecified atom stereocenters. The minimum absolute atomic E-state index is 0.0498. The number of ether oxygens (including phenoxy) is 1. The molecule has 0 saturated carbocycles. The standard InChI is InChI=1S/C21H24N6O3/c1-4-6-7-14-11-30-17-10-13(19(22)28)9-15-18(17)27(14)21(23-15)24-20(29)16-8-12(3)25-26(16)5-2/h4,6,8-10,14H,5,7,11H2,1-3H3,(H2,22,28)(H,23,24,29). The van der Waals surface area contributed by atoms with Gasteiger partial charge in [0.1, 0.15) is 23.6 Å². The maximum Gasteiger partial charge on any atom is 0.276 e. The number of amides is 2. The normalized spacial score (nSPS) is 15.5. The fourth-order valence-corrected chi connectivity index (χ4v) is 3.75. The molecule has 9 nitrogen and oxygen atoms in total. The molecule has 3 heterocycles. The van der Waals surface area contributed by atoms with Gasteiger partial charge in [0.15, 0.2) is 0 Å². The molecular formula is C21H24N6O3. The topological polar surface area (TPSA) is 117 Å². The van der Waals surface area contributed by atoms with Gasteiger partial charge in [0, 0.05) is 12.1 Å². The Labute approximate surface area is 173 Å². The number of benzene rings is 1. The molecule has 0 aliphatic carbocycles. The molecule has 0 bridgehead atoms. The molecule has 0 saturated heterocycles. The Morgan fingerprint density at radius 3 is 2.87 bits per heavy atom. The van der Waals surface area contributed by atoms with Gasteiger partial charge >= 0.3 is 0 Å². The Morgan fingerprint density at radius 2 is 2.17 bits per heavy atom. The summed E-state index contributed by atoms with van der Waals surface area (Å²) in [5, 5.41) is 7.26. The van der Waals surface area contributed by atoms with Gasteiger partial charge in [0.05, 0.1) is 17.3 Å². The molecule has 9 heteroatoms. The number of aryl methyl sites for hydroxylation is 2. The molecule has 2 amide bonds. The van der Waals surface area contributed by atoms with E-state index in [-0.39, 0.29) is 11.9 Å². The zero-order valence-electron chi connectivity index (χ0n) is 17.2. The third-order valence-corrected chi connectivity index (χ3v) is 5.13. The third kappa shape index (κ3) is 3.32. The van der Waals surface area contributed by atoms with Gasteiger partial charge in [-0.15, -0.1) is 0 Å². The second-order valence-electron chi connectivity index (χ2n) is 7.22. The van der Waals surface area contributed by atoms with Crippen molar-refractivity contribution in [2.24, 2.45) is 5.73 Å².